The summed E-state index contributed by atoms with van der Waals surface area (Å²) >= 11 is 0. The molecule has 0 saturated carbocycles. The molecule has 0 radical (unpaired) electrons. The Kier molecular flexibility index (Phi) is 6.27. The lowest BCUT2D eigenvalue weighted by atomic mass is 10.0. The van der Waals surface area contributed by atoms with Crippen molar-refractivity contribution in [1.82, 2.24) is 15.1 Å². The van der Waals surface area contributed by atoms with Crippen LogP contribution in [-0.2, 0) is 4.79 Å². The van der Waals surface area contributed by atoms with Gasteiger partial charge in [-0.25, -0.2) is 0 Å². The molecular formula is C12H21ClF3N3O2. The normalized spacial score (nSPS) is 27.5. The summed E-state index contributed by atoms with van der Waals surface area (Å²) < 4.78 is 37.9. The molecule has 2 rings (SSSR count). The van der Waals surface area contributed by atoms with Gasteiger partial charge in [-0.1, -0.05) is 0 Å². The number of aliphatic hydroxyl groups is 1. The summed E-state index contributed by atoms with van der Waals surface area (Å²) in [4.78, 5) is 15.1. The highest BCUT2D eigenvalue weighted by Gasteiger charge is 2.56. The molecule has 2 aliphatic rings. The molecule has 0 aromatic rings. The van der Waals surface area contributed by atoms with E-state index in [4.69, 9.17) is 0 Å². The molecule has 2 fully saturated rings. The minimum atomic E-state index is -4.61. The summed E-state index contributed by atoms with van der Waals surface area (Å²) in [6.45, 7) is 2.79. The second-order valence-electron chi connectivity index (χ2n) is 5.44. The molecule has 0 spiro atoms. The summed E-state index contributed by atoms with van der Waals surface area (Å²) in [7, 11) is 0. The number of nitrogens with one attached hydrogen (secondary N) is 1. The molecule has 1 amide bonds. The van der Waals surface area contributed by atoms with Crippen molar-refractivity contribution in [3.63, 3.8) is 0 Å². The van der Waals surface area contributed by atoms with E-state index in [0.29, 0.717) is 13.1 Å². The van der Waals surface area contributed by atoms with Gasteiger partial charge in [0, 0.05) is 52.2 Å². The number of piperazine rings is 1. The van der Waals surface area contributed by atoms with Crippen molar-refractivity contribution in [3.05, 3.63) is 0 Å². The zero-order valence-corrected chi connectivity index (χ0v) is 12.5. The average Bonchev–Trinajstić information content (AvgIpc) is 2.80. The van der Waals surface area contributed by atoms with Gasteiger partial charge in [0.25, 0.3) is 0 Å². The molecule has 2 heterocycles. The van der Waals surface area contributed by atoms with E-state index in [9.17, 15) is 23.1 Å². The van der Waals surface area contributed by atoms with Crippen LogP contribution < -0.4 is 5.32 Å². The lowest BCUT2D eigenvalue weighted by molar-refractivity contribution is -0.253. The average molecular weight is 332 g/mol. The quantitative estimate of drug-likeness (QED) is 0.777. The largest absolute Gasteiger partial charge is 0.418 e. The molecule has 2 N–H and O–H groups in total. The van der Waals surface area contributed by atoms with Crippen LogP contribution in [0.3, 0.4) is 0 Å². The Hall–Kier alpha value is -0.570. The summed E-state index contributed by atoms with van der Waals surface area (Å²) in [5, 5.41) is 12.7. The van der Waals surface area contributed by atoms with E-state index in [1.807, 2.05) is 0 Å². The summed E-state index contributed by atoms with van der Waals surface area (Å²) in [6, 6.07) is 0. The van der Waals surface area contributed by atoms with Gasteiger partial charge in [0.1, 0.15) is 0 Å². The summed E-state index contributed by atoms with van der Waals surface area (Å²) in [6.07, 6.45) is -4.73. The topological polar surface area (TPSA) is 55.8 Å². The molecule has 2 saturated heterocycles. The van der Waals surface area contributed by atoms with Crippen LogP contribution in [0.15, 0.2) is 0 Å². The van der Waals surface area contributed by atoms with Gasteiger partial charge in [-0.2, -0.15) is 13.2 Å². The predicted molar refractivity (Wildman–Crippen MR) is 73.4 cm³/mol. The van der Waals surface area contributed by atoms with Crippen LogP contribution in [0.1, 0.15) is 12.8 Å². The second-order valence-corrected chi connectivity index (χ2v) is 5.44. The van der Waals surface area contributed by atoms with Gasteiger partial charge >= 0.3 is 6.18 Å². The van der Waals surface area contributed by atoms with Crippen LogP contribution in [0.2, 0.25) is 0 Å². The van der Waals surface area contributed by atoms with Gasteiger partial charge in [0.05, 0.1) is 0 Å². The fourth-order valence-corrected chi connectivity index (χ4v) is 2.62. The van der Waals surface area contributed by atoms with Gasteiger partial charge < -0.3 is 15.3 Å². The Balaban J connectivity index is 0.00000220. The Labute approximate surface area is 127 Å². The Morgan fingerprint density at radius 2 is 1.86 bits per heavy atom. The zero-order valence-electron chi connectivity index (χ0n) is 11.7. The van der Waals surface area contributed by atoms with E-state index in [-0.39, 0.29) is 44.2 Å². The maximum absolute atomic E-state index is 12.6. The molecule has 124 valence electrons. The number of alkyl halides is 3. The molecule has 0 aliphatic carbocycles. The van der Waals surface area contributed by atoms with Crippen LogP contribution in [0.4, 0.5) is 13.2 Å². The van der Waals surface area contributed by atoms with Crippen LogP contribution in [0.25, 0.3) is 0 Å². The molecule has 0 aromatic heterocycles. The van der Waals surface area contributed by atoms with Crippen molar-refractivity contribution in [3.8, 4) is 0 Å². The number of amides is 1. The molecule has 0 aromatic carbocycles. The molecule has 5 nitrogen and oxygen atoms in total. The first-order valence-electron chi connectivity index (χ1n) is 6.82. The smallest absolute Gasteiger partial charge is 0.379 e. The third-order valence-electron chi connectivity index (χ3n) is 3.97. The van der Waals surface area contributed by atoms with E-state index in [0.717, 1.165) is 13.1 Å². The molecule has 21 heavy (non-hydrogen) atoms. The van der Waals surface area contributed by atoms with E-state index in [1.54, 1.807) is 4.90 Å². The van der Waals surface area contributed by atoms with Crippen molar-refractivity contribution in [2.24, 2.45) is 0 Å². The van der Waals surface area contributed by atoms with Crippen molar-refractivity contribution < 1.29 is 23.1 Å². The maximum atomic E-state index is 12.6. The molecule has 1 atom stereocenters. The minimum Gasteiger partial charge on any atom is -0.379 e. The number of carbonyl (C=O) groups is 1. The number of halogens is 4. The van der Waals surface area contributed by atoms with Crippen LogP contribution in [0.5, 0.6) is 0 Å². The third kappa shape index (κ3) is 4.45. The molecule has 2 aliphatic heterocycles. The molecule has 9 heteroatoms. The molecular weight excluding hydrogens is 311 g/mol. The standard InChI is InChI=1S/C12H20F3N3O2.ClH/c13-12(14,15)11(20)2-6-17(9-11)5-1-10(19)18-7-3-16-4-8-18;/h16,20H,1-9H2;1H. The second kappa shape index (κ2) is 7.13. The Morgan fingerprint density at radius 1 is 1.24 bits per heavy atom. The number of hydrogen-bond acceptors (Lipinski definition) is 4. The van der Waals surface area contributed by atoms with Crippen molar-refractivity contribution >= 4 is 18.3 Å². The highest BCUT2D eigenvalue weighted by atomic mass is 35.5. The maximum Gasteiger partial charge on any atom is 0.418 e. The zero-order chi connectivity index (χ0) is 14.8. The predicted octanol–water partition coefficient (Wildman–Crippen LogP) is 0.229. The number of nitrogens with zero attached hydrogens (tertiary/aromatic N) is 2. The fourth-order valence-electron chi connectivity index (χ4n) is 2.62. The van der Waals surface area contributed by atoms with Crippen molar-refractivity contribution in [2.45, 2.75) is 24.6 Å². The number of carbonyl (C=O) groups excluding carboxylic acids is 1. The van der Waals surface area contributed by atoms with E-state index < -0.39 is 18.3 Å². The first-order valence-corrected chi connectivity index (χ1v) is 6.82. The van der Waals surface area contributed by atoms with Crippen LogP contribution in [-0.4, -0.2) is 78.4 Å². The van der Waals surface area contributed by atoms with Crippen molar-refractivity contribution in [2.75, 3.05) is 45.8 Å². The SMILES string of the molecule is Cl.O=C(CCN1CCC(O)(C(F)(F)F)C1)N1CCNCC1. The molecule has 0 bridgehead atoms. The fraction of sp³-hybridized carbons (Fsp3) is 0.917. The highest BCUT2D eigenvalue weighted by molar-refractivity contribution is 5.85. The third-order valence-corrected chi connectivity index (χ3v) is 3.97. The number of hydrogen-bond donors (Lipinski definition) is 2. The van der Waals surface area contributed by atoms with Crippen LogP contribution >= 0.6 is 12.4 Å². The molecule has 1 unspecified atom stereocenters. The number of likely N-dealkylation sites (tertiary alicyclic amines) is 1. The number of rotatable bonds is 3. The first kappa shape index (κ1) is 18.5. The first-order chi connectivity index (χ1) is 9.32. The van der Waals surface area contributed by atoms with Gasteiger partial charge in [0.15, 0.2) is 5.60 Å². The Bertz CT molecular complexity index is 364. The van der Waals surface area contributed by atoms with E-state index in [2.05, 4.69) is 5.32 Å². The Morgan fingerprint density at radius 3 is 2.38 bits per heavy atom. The summed E-state index contributed by atoms with van der Waals surface area (Å²) in [5.41, 5.74) is -2.62. The highest BCUT2D eigenvalue weighted by Crippen LogP contribution is 2.37. The van der Waals surface area contributed by atoms with E-state index in [1.165, 1.54) is 4.90 Å². The monoisotopic (exact) mass is 331 g/mol. The minimum absolute atomic E-state index is 0. The van der Waals surface area contributed by atoms with Gasteiger partial charge in [-0.15, -0.1) is 12.4 Å². The number of β-amino-alcohol motifs (C(OH)–C–C–N with tert-alkyl or cyclic N) is 1. The lowest BCUT2D eigenvalue weighted by Gasteiger charge is -2.29. The van der Waals surface area contributed by atoms with Gasteiger partial charge in [-0.3, -0.25) is 9.69 Å². The van der Waals surface area contributed by atoms with Gasteiger partial charge in [0.2, 0.25) is 5.91 Å². The summed E-state index contributed by atoms with van der Waals surface area (Å²) in [5.74, 6) is -0.0334. The van der Waals surface area contributed by atoms with Gasteiger partial charge in [-0.05, 0) is 6.42 Å². The van der Waals surface area contributed by atoms with Crippen molar-refractivity contribution in [1.29, 1.82) is 0 Å². The van der Waals surface area contributed by atoms with Crippen LogP contribution in [0, 0.1) is 0 Å². The lowest BCUT2D eigenvalue weighted by Crippen LogP contribution is -2.48. The van der Waals surface area contributed by atoms with E-state index >= 15 is 0 Å².